The average molecular weight is 749 g/mol. The lowest BCUT2D eigenvalue weighted by atomic mass is 10.0. The highest BCUT2D eigenvalue weighted by Crippen LogP contribution is 2.11. The summed E-state index contributed by atoms with van der Waals surface area (Å²) in [7, 11) is 5.02. The zero-order chi connectivity index (χ0) is 39.7. The quantitative estimate of drug-likeness (QED) is 0.0291. The molecule has 0 aliphatic rings. The molecule has 18 heteroatoms. The predicted octanol–water partition coefficient (Wildman–Crippen LogP) is 0.0995. The molecule has 0 aliphatic carbocycles. The van der Waals surface area contributed by atoms with E-state index in [9.17, 15) is 39.3 Å². The Morgan fingerprint density at radius 3 is 1.63 bits per heavy atom. The number of carboxylic acid groups (broad SMARTS) is 3. The van der Waals surface area contributed by atoms with E-state index in [4.69, 9.17) is 32.3 Å². The second-order valence-electron chi connectivity index (χ2n) is 12.4. The van der Waals surface area contributed by atoms with Crippen LogP contribution in [-0.2, 0) is 38.2 Å². The monoisotopic (exact) mass is 748 g/mol. The summed E-state index contributed by atoms with van der Waals surface area (Å²) in [4.78, 5) is 63.5. The molecule has 0 aromatic carbocycles. The number of nitrogens with zero attached hydrogens (tertiary/aromatic N) is 3. The smallest absolute Gasteiger partial charge is 0.320 e. The van der Waals surface area contributed by atoms with Crippen molar-refractivity contribution in [1.29, 1.82) is 0 Å². The van der Waals surface area contributed by atoms with Crippen molar-refractivity contribution < 1.29 is 63.7 Å². The maximum absolute atomic E-state index is 12.4. The maximum Gasteiger partial charge on any atom is 0.320 e. The number of nitrogens with one attached hydrogen (secondary N) is 1. The summed E-state index contributed by atoms with van der Waals surface area (Å²) in [5.74, 6) is -2.89. The summed E-state index contributed by atoms with van der Waals surface area (Å²) in [6, 6.07) is -0.931. The van der Waals surface area contributed by atoms with Crippen LogP contribution >= 0.6 is 0 Å². The van der Waals surface area contributed by atoms with Gasteiger partial charge >= 0.3 is 17.9 Å². The molecule has 0 aliphatic heterocycles. The lowest BCUT2D eigenvalue weighted by Gasteiger charge is -2.32. The van der Waals surface area contributed by atoms with Crippen molar-refractivity contribution in [2.45, 2.75) is 85.0 Å². The van der Waals surface area contributed by atoms with E-state index in [0.29, 0.717) is 71.4 Å². The van der Waals surface area contributed by atoms with Crippen LogP contribution in [0.25, 0.3) is 0 Å². The van der Waals surface area contributed by atoms with Crippen molar-refractivity contribution >= 4 is 37.3 Å². The van der Waals surface area contributed by atoms with Crippen molar-refractivity contribution in [3.63, 3.8) is 0 Å². The number of carboxylic acids is 3. The van der Waals surface area contributed by atoms with E-state index in [1.54, 1.807) is 21.6 Å². The molecule has 0 aromatic rings. The van der Waals surface area contributed by atoms with E-state index in [2.05, 4.69) is 19.2 Å². The fourth-order valence-electron chi connectivity index (χ4n) is 4.59. The zero-order valence-corrected chi connectivity index (χ0v) is 31.7. The second kappa shape index (κ2) is 34.1. The number of carbonyl (C=O) groups is 5. The molecule has 0 aromatic heterocycles. The van der Waals surface area contributed by atoms with E-state index in [0.717, 1.165) is 12.8 Å². The minimum absolute atomic E-state index is 0.00475. The van der Waals surface area contributed by atoms with Gasteiger partial charge in [0.2, 0.25) is 5.91 Å². The van der Waals surface area contributed by atoms with Crippen LogP contribution in [0, 0.1) is 5.92 Å². The molecule has 6 N–H and O–H groups in total. The Morgan fingerprint density at radius 2 is 1.17 bits per heavy atom. The number of amides is 1. The van der Waals surface area contributed by atoms with Gasteiger partial charge in [0.15, 0.2) is 14.1 Å². The van der Waals surface area contributed by atoms with E-state index < -0.39 is 35.9 Å². The third kappa shape index (κ3) is 33.2. The minimum atomic E-state index is -1.12. The largest absolute Gasteiger partial charge is 0.480 e. The fourth-order valence-corrected chi connectivity index (χ4v) is 4.59. The maximum atomic E-state index is 12.4. The first kappa shape index (κ1) is 51.4. The second-order valence-corrected chi connectivity index (χ2v) is 12.4. The Balaban J connectivity index is 0. The highest BCUT2D eigenvalue weighted by atomic mass is 16.5. The topological polar surface area (TPSA) is 236 Å². The molecule has 0 spiro atoms. The summed E-state index contributed by atoms with van der Waals surface area (Å²) in [6.07, 6.45) is 2.02. The highest BCUT2D eigenvalue weighted by molar-refractivity contribution is 6.57. The molecule has 2 unspecified atom stereocenters. The van der Waals surface area contributed by atoms with Crippen LogP contribution in [0.1, 0.15) is 72.6 Å². The molecule has 302 valence electrons. The Labute approximate surface area is 310 Å². The first-order valence-corrected chi connectivity index (χ1v) is 18.2. The minimum Gasteiger partial charge on any atom is -0.480 e. The number of hydrogen-bond donors (Lipinski definition) is 6. The van der Waals surface area contributed by atoms with Crippen molar-refractivity contribution in [3.8, 4) is 0 Å². The van der Waals surface area contributed by atoms with Crippen molar-refractivity contribution in [2.24, 2.45) is 5.92 Å². The first-order valence-electron chi connectivity index (χ1n) is 18.2. The van der Waals surface area contributed by atoms with Gasteiger partial charge in [-0.1, -0.05) is 34.1 Å². The number of hydrogen-bond acceptors (Lipinski definition) is 13. The zero-order valence-electron chi connectivity index (χ0n) is 31.7. The molecular formula is C34H65BN4O13. The number of aliphatic hydroxyl groups excluding tert-OH is 1. The van der Waals surface area contributed by atoms with Crippen molar-refractivity contribution in [1.82, 2.24) is 20.0 Å². The van der Waals surface area contributed by atoms with E-state index in [1.165, 1.54) is 0 Å². The normalized spacial score (nSPS) is 12.5. The summed E-state index contributed by atoms with van der Waals surface area (Å²) in [5, 5.41) is 47.3. The number of carbonyl (C=O) groups excluding carboxylic acids is 2. The molecule has 0 bridgehead atoms. The van der Waals surface area contributed by atoms with Gasteiger partial charge in [-0.3, -0.25) is 33.9 Å². The van der Waals surface area contributed by atoms with Gasteiger partial charge < -0.3 is 49.9 Å². The molecule has 0 heterocycles. The van der Waals surface area contributed by atoms with Crippen molar-refractivity contribution in [3.05, 3.63) is 0 Å². The van der Waals surface area contributed by atoms with Gasteiger partial charge in [-0.25, -0.2) is 0 Å². The van der Waals surface area contributed by atoms with E-state index in [-0.39, 0.29) is 71.1 Å². The lowest BCUT2D eigenvalue weighted by molar-refractivity contribution is -0.144. The van der Waals surface area contributed by atoms with Gasteiger partial charge in [0.1, 0.15) is 6.04 Å². The van der Waals surface area contributed by atoms with Crippen LogP contribution in [0.15, 0.2) is 0 Å². The average Bonchev–Trinajstić information content (AvgIpc) is 3.07. The lowest BCUT2D eigenvalue weighted by Crippen LogP contribution is -2.48. The highest BCUT2D eigenvalue weighted by Gasteiger charge is 2.26. The number of ether oxygens (including phenoxy) is 3. The van der Waals surface area contributed by atoms with Gasteiger partial charge in [0.25, 0.3) is 0 Å². The van der Waals surface area contributed by atoms with Crippen molar-refractivity contribution in [2.75, 3.05) is 98.5 Å². The summed E-state index contributed by atoms with van der Waals surface area (Å²) < 4.78 is 15.9. The van der Waals surface area contributed by atoms with Gasteiger partial charge in [-0.05, 0) is 44.7 Å². The molecule has 0 saturated carbocycles. The molecule has 0 fully saturated rings. The van der Waals surface area contributed by atoms with Crippen LogP contribution < -0.4 is 5.32 Å². The molecule has 17 nitrogen and oxygen atoms in total. The Hall–Kier alpha value is -2.71. The first-order chi connectivity index (χ1) is 24.7. The molecular weight excluding hydrogens is 683 g/mol. The number of aliphatic carboxylic acids is 3. The molecule has 2 atom stereocenters. The van der Waals surface area contributed by atoms with Gasteiger partial charge in [-0.2, -0.15) is 0 Å². The van der Waals surface area contributed by atoms with Crippen LogP contribution in [0.5, 0.6) is 0 Å². The Kier molecular flexibility index (Phi) is 33.7. The predicted molar refractivity (Wildman–Crippen MR) is 194 cm³/mol. The van der Waals surface area contributed by atoms with Gasteiger partial charge in [-0.15, -0.1) is 0 Å². The molecule has 2 radical (unpaired) electrons. The van der Waals surface area contributed by atoms with Crippen LogP contribution in [0.2, 0.25) is 0 Å². The third-order valence-electron chi connectivity index (χ3n) is 7.84. The summed E-state index contributed by atoms with van der Waals surface area (Å²) in [6.45, 7) is 11.8. The number of rotatable bonds is 34. The molecule has 0 saturated heterocycles. The standard InChI is InChI=1S/C31H57BN4O11.C3H8O2/c1-4-11-36(16-15-35(24-30(41)42)14-13-34(23-29(39)40)12-8-25(3)5-2)26(31(43)44)6-7-28(38)33-10-18-46-20-22-47-21-19-45-17-9-27(32)37;1-2-3(4)5/h25-26H,4-24H2,1-3H3,(H,33,38)(H,39,40)(H,41,42)(H,43,44);3-5H,2H2,1H3. The summed E-state index contributed by atoms with van der Waals surface area (Å²) >= 11 is 0. The van der Waals surface area contributed by atoms with Crippen LogP contribution in [0.4, 0.5) is 0 Å². The van der Waals surface area contributed by atoms with E-state index in [1.807, 2.05) is 6.92 Å². The molecule has 52 heavy (non-hydrogen) atoms. The fraction of sp³-hybridized carbons (Fsp3) is 0.853. The number of aliphatic hydroxyl groups is 2. The van der Waals surface area contributed by atoms with Gasteiger partial charge in [0, 0.05) is 45.6 Å². The third-order valence-corrected chi connectivity index (χ3v) is 7.84. The summed E-state index contributed by atoms with van der Waals surface area (Å²) in [5.41, 5.74) is -0.424. The SMILES string of the molecule is CCC(O)O.[B]C(=O)CCOCCOCCOCCNC(=O)CCC(C(=O)O)N(CCC)CCN(CCN(CCC(C)CC)CC(=O)O)CC(=O)O. The Morgan fingerprint density at radius 1 is 0.673 bits per heavy atom. The molecule has 0 rings (SSSR count). The molecule has 1 amide bonds. The van der Waals surface area contributed by atoms with Crippen LogP contribution in [-0.4, -0.2) is 188 Å². The van der Waals surface area contributed by atoms with E-state index >= 15 is 0 Å². The van der Waals surface area contributed by atoms with Gasteiger partial charge in [0.05, 0.1) is 58.4 Å². The Bertz CT molecular complexity index is 964. The van der Waals surface area contributed by atoms with Crippen LogP contribution in [0.3, 0.4) is 0 Å².